The molecule has 0 radical (unpaired) electrons. The summed E-state index contributed by atoms with van der Waals surface area (Å²) in [5.41, 5.74) is 6.43. The number of halogens is 2. The Morgan fingerprint density at radius 2 is 2.12 bits per heavy atom. The molecule has 0 spiro atoms. The number of aryl methyl sites for hydroxylation is 1. The Kier molecular flexibility index (Phi) is 3.03. The maximum Gasteiger partial charge on any atom is 0.223 e. The molecule has 16 heavy (non-hydrogen) atoms. The Hall–Kier alpha value is -1.26. The van der Waals surface area contributed by atoms with Crippen LogP contribution in [0.4, 0.5) is 5.95 Å². The summed E-state index contributed by atoms with van der Waals surface area (Å²) in [5.74, 6) is 1.00. The van der Waals surface area contributed by atoms with Crippen LogP contribution >= 0.6 is 23.2 Å². The van der Waals surface area contributed by atoms with Crippen LogP contribution in [0.25, 0.3) is 5.69 Å². The average Bonchev–Trinajstić information content (AvgIpc) is 2.60. The maximum absolute atomic E-state index is 6.06. The van der Waals surface area contributed by atoms with Crippen LogP contribution in [-0.4, -0.2) is 14.8 Å². The van der Waals surface area contributed by atoms with E-state index < -0.39 is 0 Å². The molecule has 1 aromatic carbocycles. The first-order chi connectivity index (χ1) is 7.61. The number of aromatic nitrogens is 3. The summed E-state index contributed by atoms with van der Waals surface area (Å²) in [6.07, 6.45) is 0.725. The zero-order valence-corrected chi connectivity index (χ0v) is 10.1. The van der Waals surface area contributed by atoms with Gasteiger partial charge in [0.2, 0.25) is 5.95 Å². The summed E-state index contributed by atoms with van der Waals surface area (Å²) in [7, 11) is 0. The molecule has 2 N–H and O–H groups in total. The molecular formula is C10H10Cl2N4. The molecule has 0 amide bonds. The van der Waals surface area contributed by atoms with Crippen LogP contribution in [0.5, 0.6) is 0 Å². The molecule has 0 aliphatic heterocycles. The Bertz CT molecular complexity index is 522. The number of hydrogen-bond acceptors (Lipinski definition) is 3. The second-order valence-electron chi connectivity index (χ2n) is 3.25. The summed E-state index contributed by atoms with van der Waals surface area (Å²) in [5, 5.41) is 5.31. The fourth-order valence-corrected chi connectivity index (χ4v) is 1.84. The SMILES string of the molecule is CCc1nc(N)n(-c2ccc(Cl)cc2Cl)n1. The summed E-state index contributed by atoms with van der Waals surface area (Å²) in [6, 6.07) is 5.13. The predicted molar refractivity (Wildman–Crippen MR) is 65.2 cm³/mol. The lowest BCUT2D eigenvalue weighted by Gasteiger charge is -2.04. The fourth-order valence-electron chi connectivity index (χ4n) is 1.35. The van der Waals surface area contributed by atoms with Gasteiger partial charge in [0.1, 0.15) is 0 Å². The monoisotopic (exact) mass is 256 g/mol. The first-order valence-electron chi connectivity index (χ1n) is 4.78. The van der Waals surface area contributed by atoms with Gasteiger partial charge in [-0.15, -0.1) is 5.10 Å². The van der Waals surface area contributed by atoms with Gasteiger partial charge >= 0.3 is 0 Å². The number of rotatable bonds is 2. The molecular weight excluding hydrogens is 247 g/mol. The zero-order valence-electron chi connectivity index (χ0n) is 8.61. The highest BCUT2D eigenvalue weighted by Gasteiger charge is 2.10. The van der Waals surface area contributed by atoms with Crippen LogP contribution in [-0.2, 0) is 6.42 Å². The van der Waals surface area contributed by atoms with Crippen molar-refractivity contribution in [1.82, 2.24) is 14.8 Å². The van der Waals surface area contributed by atoms with Crippen LogP contribution in [0.1, 0.15) is 12.7 Å². The van der Waals surface area contributed by atoms with Gasteiger partial charge in [-0.05, 0) is 18.2 Å². The highest BCUT2D eigenvalue weighted by atomic mass is 35.5. The maximum atomic E-state index is 6.06. The van der Waals surface area contributed by atoms with Crippen molar-refractivity contribution in [2.75, 3.05) is 5.73 Å². The molecule has 1 aromatic heterocycles. The number of nitrogens with two attached hydrogens (primary N) is 1. The molecule has 0 aliphatic rings. The molecule has 0 aliphatic carbocycles. The number of hydrogen-bond donors (Lipinski definition) is 1. The van der Waals surface area contributed by atoms with E-state index in [-0.39, 0.29) is 0 Å². The zero-order chi connectivity index (χ0) is 11.7. The van der Waals surface area contributed by atoms with Crippen molar-refractivity contribution in [1.29, 1.82) is 0 Å². The first kappa shape index (κ1) is 11.2. The van der Waals surface area contributed by atoms with Crippen molar-refractivity contribution in [2.24, 2.45) is 0 Å². The normalized spacial score (nSPS) is 10.7. The third-order valence-corrected chi connectivity index (χ3v) is 2.67. The number of nitrogens with zero attached hydrogens (tertiary/aromatic N) is 3. The standard InChI is InChI=1S/C10H10Cl2N4/c1-2-9-14-10(13)16(15-9)8-4-3-6(11)5-7(8)12/h3-5H,2H2,1H3,(H2,13,14,15). The highest BCUT2D eigenvalue weighted by molar-refractivity contribution is 6.35. The lowest BCUT2D eigenvalue weighted by molar-refractivity contribution is 0.846. The van der Waals surface area contributed by atoms with Crippen molar-refractivity contribution >= 4 is 29.2 Å². The molecule has 0 atom stereocenters. The van der Waals surface area contributed by atoms with E-state index >= 15 is 0 Å². The lowest BCUT2D eigenvalue weighted by atomic mass is 10.3. The van der Waals surface area contributed by atoms with E-state index in [2.05, 4.69) is 10.1 Å². The van der Waals surface area contributed by atoms with Gasteiger partial charge in [-0.3, -0.25) is 0 Å². The fraction of sp³-hybridized carbons (Fsp3) is 0.200. The number of nitrogen functional groups attached to an aromatic ring is 1. The van der Waals surface area contributed by atoms with Crippen LogP contribution in [0.3, 0.4) is 0 Å². The van der Waals surface area contributed by atoms with E-state index in [0.29, 0.717) is 27.5 Å². The Labute approximate surface area is 103 Å². The van der Waals surface area contributed by atoms with Gasteiger partial charge in [-0.1, -0.05) is 30.1 Å². The third-order valence-electron chi connectivity index (χ3n) is 2.13. The minimum absolute atomic E-state index is 0.320. The average molecular weight is 257 g/mol. The van der Waals surface area contributed by atoms with E-state index in [9.17, 15) is 0 Å². The van der Waals surface area contributed by atoms with Crippen LogP contribution < -0.4 is 5.73 Å². The predicted octanol–water partition coefficient (Wildman–Crippen LogP) is 2.72. The Morgan fingerprint density at radius 1 is 1.38 bits per heavy atom. The van der Waals surface area contributed by atoms with Crippen LogP contribution in [0.15, 0.2) is 18.2 Å². The molecule has 2 rings (SSSR count). The van der Waals surface area contributed by atoms with E-state index in [1.807, 2.05) is 6.92 Å². The highest BCUT2D eigenvalue weighted by Crippen LogP contribution is 2.25. The minimum atomic E-state index is 0.320. The lowest BCUT2D eigenvalue weighted by Crippen LogP contribution is -2.03. The number of benzene rings is 1. The molecule has 0 saturated carbocycles. The minimum Gasteiger partial charge on any atom is -0.368 e. The van der Waals surface area contributed by atoms with Crippen molar-refractivity contribution in [3.05, 3.63) is 34.1 Å². The van der Waals surface area contributed by atoms with Crippen molar-refractivity contribution in [3.8, 4) is 5.69 Å². The quantitative estimate of drug-likeness (QED) is 0.899. The Balaban J connectivity index is 2.53. The second kappa shape index (κ2) is 4.31. The van der Waals surface area contributed by atoms with Crippen molar-refractivity contribution in [3.63, 3.8) is 0 Å². The van der Waals surface area contributed by atoms with Gasteiger partial charge in [0, 0.05) is 11.4 Å². The summed E-state index contributed by atoms with van der Waals surface area (Å²) in [6.45, 7) is 1.96. The molecule has 84 valence electrons. The second-order valence-corrected chi connectivity index (χ2v) is 4.09. The van der Waals surface area contributed by atoms with Crippen molar-refractivity contribution < 1.29 is 0 Å². The van der Waals surface area contributed by atoms with Gasteiger partial charge in [0.05, 0.1) is 10.7 Å². The number of anilines is 1. The molecule has 0 bridgehead atoms. The summed E-state index contributed by atoms with van der Waals surface area (Å²) < 4.78 is 1.51. The molecule has 0 unspecified atom stereocenters. The topological polar surface area (TPSA) is 56.7 Å². The molecule has 4 nitrogen and oxygen atoms in total. The van der Waals surface area contributed by atoms with Gasteiger partial charge in [0.25, 0.3) is 0 Å². The van der Waals surface area contributed by atoms with E-state index in [1.165, 1.54) is 4.68 Å². The van der Waals surface area contributed by atoms with Crippen molar-refractivity contribution in [2.45, 2.75) is 13.3 Å². The van der Waals surface area contributed by atoms with Gasteiger partial charge < -0.3 is 5.73 Å². The van der Waals surface area contributed by atoms with Gasteiger partial charge in [-0.2, -0.15) is 9.67 Å². The van der Waals surface area contributed by atoms with Gasteiger partial charge in [0.15, 0.2) is 5.82 Å². The van der Waals surface area contributed by atoms with E-state index in [1.54, 1.807) is 18.2 Å². The third kappa shape index (κ3) is 1.99. The Morgan fingerprint density at radius 3 is 2.69 bits per heavy atom. The molecule has 2 aromatic rings. The molecule has 0 saturated heterocycles. The molecule has 0 fully saturated rings. The van der Waals surface area contributed by atoms with Gasteiger partial charge in [-0.25, -0.2) is 0 Å². The first-order valence-corrected chi connectivity index (χ1v) is 5.54. The van der Waals surface area contributed by atoms with E-state index in [0.717, 1.165) is 6.42 Å². The smallest absolute Gasteiger partial charge is 0.223 e. The van der Waals surface area contributed by atoms with Crippen LogP contribution in [0.2, 0.25) is 10.0 Å². The molecule has 6 heteroatoms. The van der Waals surface area contributed by atoms with E-state index in [4.69, 9.17) is 28.9 Å². The molecule has 1 heterocycles. The summed E-state index contributed by atoms with van der Waals surface area (Å²) >= 11 is 11.9. The largest absolute Gasteiger partial charge is 0.368 e. The summed E-state index contributed by atoms with van der Waals surface area (Å²) in [4.78, 5) is 4.11. The van der Waals surface area contributed by atoms with Crippen LogP contribution in [0, 0.1) is 0 Å².